The predicted octanol–water partition coefficient (Wildman–Crippen LogP) is 6.78. The van der Waals surface area contributed by atoms with E-state index < -0.39 is 17.5 Å². The van der Waals surface area contributed by atoms with Gasteiger partial charge in [-0.25, -0.2) is 13.2 Å². The Morgan fingerprint density at radius 2 is 1.52 bits per heavy atom. The zero-order valence-corrected chi connectivity index (χ0v) is 15.4. The van der Waals surface area contributed by atoms with E-state index in [0.29, 0.717) is 5.56 Å². The molecule has 0 spiro atoms. The first-order valence-corrected chi connectivity index (χ1v) is 8.91. The van der Waals surface area contributed by atoms with Gasteiger partial charge in [0.15, 0.2) is 5.82 Å². The summed E-state index contributed by atoms with van der Waals surface area (Å²) in [7, 11) is 0. The van der Waals surface area contributed by atoms with Crippen LogP contribution in [0.2, 0.25) is 5.02 Å². The monoisotopic (exact) mass is 384 g/mol. The molecule has 4 heteroatoms. The van der Waals surface area contributed by atoms with E-state index >= 15 is 0 Å². The maximum absolute atomic E-state index is 14.6. The van der Waals surface area contributed by atoms with Crippen molar-refractivity contribution in [3.8, 4) is 23.0 Å². The lowest BCUT2D eigenvalue weighted by Gasteiger charge is -2.07. The highest BCUT2D eigenvalue weighted by molar-refractivity contribution is 6.32. The normalized spacial score (nSPS) is 10.4. The SMILES string of the molecule is CCCc1ccc(C#Cc2ccc(-c3cc(F)cc(F)c3)c(F)c2Cl)cc1. The molecule has 3 aromatic rings. The summed E-state index contributed by atoms with van der Waals surface area (Å²) in [6.45, 7) is 2.12. The lowest BCUT2D eigenvalue weighted by Crippen LogP contribution is -1.91. The Kier molecular flexibility index (Phi) is 5.88. The third-order valence-corrected chi connectivity index (χ3v) is 4.46. The van der Waals surface area contributed by atoms with Crippen molar-refractivity contribution in [1.29, 1.82) is 0 Å². The molecule has 0 bridgehead atoms. The first-order valence-electron chi connectivity index (χ1n) is 8.53. The third-order valence-electron chi connectivity index (χ3n) is 4.09. The van der Waals surface area contributed by atoms with E-state index in [2.05, 4.69) is 18.8 Å². The van der Waals surface area contributed by atoms with Gasteiger partial charge >= 0.3 is 0 Å². The Bertz CT molecular complexity index is 1010. The van der Waals surface area contributed by atoms with Gasteiger partial charge < -0.3 is 0 Å². The number of halogens is 4. The molecule has 27 heavy (non-hydrogen) atoms. The second kappa shape index (κ2) is 8.33. The van der Waals surface area contributed by atoms with Gasteiger partial charge in [-0.1, -0.05) is 55.0 Å². The standard InChI is InChI=1S/C23H16ClF3/c1-2-3-15-4-6-16(7-5-15)8-9-17-10-11-21(23(27)22(17)24)18-12-19(25)14-20(26)13-18/h4-7,10-14H,2-3H2,1H3. The molecule has 0 radical (unpaired) electrons. The zero-order chi connectivity index (χ0) is 19.4. The molecule has 136 valence electrons. The zero-order valence-electron chi connectivity index (χ0n) is 14.6. The lowest BCUT2D eigenvalue weighted by atomic mass is 10.0. The first kappa shape index (κ1) is 19.1. The number of rotatable bonds is 3. The van der Waals surface area contributed by atoms with E-state index in [1.807, 2.05) is 24.3 Å². The third kappa shape index (κ3) is 4.53. The van der Waals surface area contributed by atoms with Gasteiger partial charge in [0, 0.05) is 22.8 Å². The fraction of sp³-hybridized carbons (Fsp3) is 0.130. The van der Waals surface area contributed by atoms with Crippen LogP contribution in [0.3, 0.4) is 0 Å². The Labute approximate surface area is 161 Å². The van der Waals surface area contributed by atoms with Gasteiger partial charge in [0.1, 0.15) is 11.6 Å². The molecule has 0 aromatic heterocycles. The smallest absolute Gasteiger partial charge is 0.150 e. The average molecular weight is 385 g/mol. The average Bonchev–Trinajstić information content (AvgIpc) is 2.63. The number of aryl methyl sites for hydroxylation is 1. The van der Waals surface area contributed by atoms with E-state index in [4.69, 9.17) is 11.6 Å². The molecule has 0 aliphatic rings. The van der Waals surface area contributed by atoms with E-state index in [1.54, 1.807) is 6.07 Å². The van der Waals surface area contributed by atoms with Gasteiger partial charge in [-0.3, -0.25) is 0 Å². The topological polar surface area (TPSA) is 0 Å². The summed E-state index contributed by atoms with van der Waals surface area (Å²) in [5.74, 6) is 3.49. The van der Waals surface area contributed by atoms with Crippen molar-refractivity contribution in [1.82, 2.24) is 0 Å². The molecule has 0 N–H and O–H groups in total. The van der Waals surface area contributed by atoms with Crippen molar-refractivity contribution in [3.63, 3.8) is 0 Å². The Morgan fingerprint density at radius 3 is 2.15 bits per heavy atom. The van der Waals surface area contributed by atoms with Crippen LogP contribution < -0.4 is 0 Å². The minimum atomic E-state index is -0.782. The fourth-order valence-electron chi connectivity index (χ4n) is 2.76. The van der Waals surface area contributed by atoms with E-state index in [0.717, 1.165) is 36.6 Å². The van der Waals surface area contributed by atoms with Gasteiger partial charge in [-0.05, 0) is 47.9 Å². The van der Waals surface area contributed by atoms with Crippen LogP contribution in [0, 0.1) is 29.3 Å². The number of benzene rings is 3. The van der Waals surface area contributed by atoms with Crippen LogP contribution in [0.15, 0.2) is 54.6 Å². The molecule has 0 fully saturated rings. The Balaban J connectivity index is 1.92. The quantitative estimate of drug-likeness (QED) is 0.437. The van der Waals surface area contributed by atoms with Crippen LogP contribution in [0.1, 0.15) is 30.0 Å². The molecule has 0 amide bonds. The predicted molar refractivity (Wildman–Crippen MR) is 103 cm³/mol. The van der Waals surface area contributed by atoms with Gasteiger partial charge in [-0.15, -0.1) is 0 Å². The molecule has 0 nitrogen and oxygen atoms in total. The molecule has 0 saturated carbocycles. The fourth-order valence-corrected chi connectivity index (χ4v) is 2.97. The Morgan fingerprint density at radius 1 is 0.852 bits per heavy atom. The van der Waals surface area contributed by atoms with Crippen molar-refractivity contribution in [2.24, 2.45) is 0 Å². The first-order chi connectivity index (χ1) is 13.0. The highest BCUT2D eigenvalue weighted by Gasteiger charge is 2.14. The van der Waals surface area contributed by atoms with Gasteiger partial charge in [-0.2, -0.15) is 0 Å². The summed E-state index contributed by atoms with van der Waals surface area (Å²) in [4.78, 5) is 0. The molecule has 0 aliphatic heterocycles. The van der Waals surface area contributed by atoms with Crippen LogP contribution in [0.5, 0.6) is 0 Å². The van der Waals surface area contributed by atoms with Crippen LogP contribution in [0.4, 0.5) is 13.2 Å². The van der Waals surface area contributed by atoms with Crippen molar-refractivity contribution < 1.29 is 13.2 Å². The summed E-state index contributed by atoms with van der Waals surface area (Å²) >= 11 is 6.10. The van der Waals surface area contributed by atoms with Crippen molar-refractivity contribution >= 4 is 11.6 Å². The second-order valence-corrected chi connectivity index (χ2v) is 6.52. The van der Waals surface area contributed by atoms with E-state index in [1.165, 1.54) is 11.6 Å². The number of hydrogen-bond donors (Lipinski definition) is 0. The maximum Gasteiger partial charge on any atom is 0.150 e. The highest BCUT2D eigenvalue weighted by atomic mass is 35.5. The largest absolute Gasteiger partial charge is 0.207 e. The van der Waals surface area contributed by atoms with Crippen LogP contribution in [-0.2, 0) is 6.42 Å². The van der Waals surface area contributed by atoms with E-state index in [9.17, 15) is 13.2 Å². The van der Waals surface area contributed by atoms with Crippen molar-refractivity contribution in [3.05, 3.63) is 93.8 Å². The van der Waals surface area contributed by atoms with Crippen LogP contribution in [0.25, 0.3) is 11.1 Å². The lowest BCUT2D eigenvalue weighted by molar-refractivity contribution is 0.583. The van der Waals surface area contributed by atoms with Crippen molar-refractivity contribution in [2.75, 3.05) is 0 Å². The molecule has 0 saturated heterocycles. The highest BCUT2D eigenvalue weighted by Crippen LogP contribution is 2.31. The number of hydrogen-bond acceptors (Lipinski definition) is 0. The minimum Gasteiger partial charge on any atom is -0.207 e. The summed E-state index contributed by atoms with van der Waals surface area (Å²) in [5, 5.41) is -0.174. The van der Waals surface area contributed by atoms with Crippen molar-refractivity contribution in [2.45, 2.75) is 19.8 Å². The summed E-state index contributed by atoms with van der Waals surface area (Å²) in [6, 6.07) is 13.6. The molecule has 0 aliphatic carbocycles. The summed E-state index contributed by atoms with van der Waals surface area (Å²) in [6.07, 6.45) is 2.08. The second-order valence-electron chi connectivity index (χ2n) is 6.14. The van der Waals surface area contributed by atoms with E-state index in [-0.39, 0.29) is 16.1 Å². The van der Waals surface area contributed by atoms with Gasteiger partial charge in [0.2, 0.25) is 0 Å². The molecule has 3 aromatic carbocycles. The molecule has 0 atom stereocenters. The van der Waals surface area contributed by atoms with Crippen LogP contribution >= 0.6 is 11.6 Å². The van der Waals surface area contributed by atoms with Crippen LogP contribution in [-0.4, -0.2) is 0 Å². The summed E-state index contributed by atoms with van der Waals surface area (Å²) in [5.41, 5.74) is 2.44. The Hall–Kier alpha value is -2.70. The maximum atomic E-state index is 14.6. The minimum absolute atomic E-state index is 0.0212. The molecule has 3 rings (SSSR count). The molecular formula is C23H16ClF3. The molecular weight excluding hydrogens is 369 g/mol. The van der Waals surface area contributed by atoms with Gasteiger partial charge in [0.25, 0.3) is 0 Å². The van der Waals surface area contributed by atoms with Gasteiger partial charge in [0.05, 0.1) is 5.02 Å². The summed E-state index contributed by atoms with van der Waals surface area (Å²) < 4.78 is 41.4. The molecule has 0 heterocycles. The molecule has 0 unspecified atom stereocenters.